The van der Waals surface area contributed by atoms with Crippen molar-refractivity contribution < 1.29 is 0 Å². The third kappa shape index (κ3) is 2.95. The summed E-state index contributed by atoms with van der Waals surface area (Å²) in [7, 11) is 0. The number of benzene rings is 4. The van der Waals surface area contributed by atoms with Gasteiger partial charge >= 0.3 is 0 Å². The Morgan fingerprint density at radius 1 is 0.577 bits per heavy atom. The molecule has 0 aliphatic carbocycles. The van der Waals surface area contributed by atoms with Gasteiger partial charge in [0.1, 0.15) is 0 Å². The zero-order valence-corrected chi connectivity index (χ0v) is 14.9. The van der Waals surface area contributed by atoms with Crippen molar-refractivity contribution in [1.29, 1.82) is 0 Å². The lowest BCUT2D eigenvalue weighted by Crippen LogP contribution is -1.91. The van der Waals surface area contributed by atoms with E-state index in [1.165, 1.54) is 43.8 Å². The Morgan fingerprint density at radius 2 is 1.00 bits per heavy atom. The molecule has 0 fully saturated rings. The van der Waals surface area contributed by atoms with E-state index in [0.29, 0.717) is 0 Å². The summed E-state index contributed by atoms with van der Waals surface area (Å²) in [6.45, 7) is 7.83. The average Bonchev–Trinajstić information content (AvgIpc) is 2.67. The summed E-state index contributed by atoms with van der Waals surface area (Å²) in [6.07, 6.45) is 5.70. The molecule has 0 amide bonds. The van der Waals surface area contributed by atoms with Crippen molar-refractivity contribution in [3.05, 3.63) is 109 Å². The summed E-state index contributed by atoms with van der Waals surface area (Å²) in [5, 5.41) is 5.14. The lowest BCUT2D eigenvalue weighted by Gasteiger charge is -2.14. The van der Waals surface area contributed by atoms with Gasteiger partial charge in [-0.15, -0.1) is 13.2 Å². The number of hydrogen-bond acceptors (Lipinski definition) is 0. The van der Waals surface area contributed by atoms with Crippen LogP contribution in [0.2, 0.25) is 0 Å². The number of hydrogen-bond donors (Lipinski definition) is 0. The van der Waals surface area contributed by atoms with Gasteiger partial charge in [-0.2, -0.15) is 0 Å². The maximum Gasteiger partial charge on any atom is -0.00962 e. The highest BCUT2D eigenvalue weighted by molar-refractivity contribution is 6.06. The molecule has 4 rings (SSSR count). The van der Waals surface area contributed by atoms with Gasteiger partial charge in [0.2, 0.25) is 0 Å². The Labute approximate surface area is 155 Å². The van der Waals surface area contributed by atoms with Gasteiger partial charge in [-0.25, -0.2) is 0 Å². The van der Waals surface area contributed by atoms with Crippen LogP contribution in [0.3, 0.4) is 0 Å². The van der Waals surface area contributed by atoms with Crippen molar-refractivity contribution in [2.45, 2.75) is 12.8 Å². The average molecular weight is 334 g/mol. The second-order valence-corrected chi connectivity index (χ2v) is 6.71. The summed E-state index contributed by atoms with van der Waals surface area (Å²) in [5.74, 6) is 0. The van der Waals surface area contributed by atoms with Crippen molar-refractivity contribution in [3.8, 4) is 11.1 Å². The van der Waals surface area contributed by atoms with Gasteiger partial charge in [0, 0.05) is 0 Å². The van der Waals surface area contributed by atoms with E-state index in [4.69, 9.17) is 0 Å². The summed E-state index contributed by atoms with van der Waals surface area (Å²) in [4.78, 5) is 0. The van der Waals surface area contributed by atoms with Gasteiger partial charge in [-0.1, -0.05) is 84.9 Å². The fraction of sp³-hybridized carbons (Fsp3) is 0.0769. The van der Waals surface area contributed by atoms with Gasteiger partial charge in [0.15, 0.2) is 0 Å². The van der Waals surface area contributed by atoms with Crippen LogP contribution in [0.15, 0.2) is 98.1 Å². The number of allylic oxidation sites excluding steroid dienone is 2. The van der Waals surface area contributed by atoms with Crippen LogP contribution in [-0.4, -0.2) is 0 Å². The predicted molar refractivity (Wildman–Crippen MR) is 115 cm³/mol. The molecule has 0 spiro atoms. The highest BCUT2D eigenvalue weighted by Crippen LogP contribution is 2.36. The molecule has 4 aromatic carbocycles. The third-order valence-corrected chi connectivity index (χ3v) is 4.89. The third-order valence-electron chi connectivity index (χ3n) is 4.89. The minimum absolute atomic E-state index is 0.877. The second kappa shape index (κ2) is 7.01. The highest BCUT2D eigenvalue weighted by Gasteiger charge is 2.11. The minimum Gasteiger partial charge on any atom is -0.103 e. The van der Waals surface area contributed by atoms with Crippen molar-refractivity contribution >= 4 is 21.5 Å². The maximum atomic E-state index is 3.92. The first-order valence-electron chi connectivity index (χ1n) is 9.05. The normalized spacial score (nSPS) is 10.9. The first-order chi connectivity index (χ1) is 12.8. The van der Waals surface area contributed by atoms with Gasteiger partial charge < -0.3 is 0 Å². The Morgan fingerprint density at radius 3 is 1.42 bits per heavy atom. The molecule has 0 atom stereocenters. The van der Waals surface area contributed by atoms with Gasteiger partial charge in [0.25, 0.3) is 0 Å². The molecule has 0 aromatic heterocycles. The SMILES string of the molecule is C=CCc1cc(-c2cc(CC=C)cc3ccccc23)c2ccccc2c1. The molecule has 0 N–H and O–H groups in total. The molecule has 0 aliphatic heterocycles. The van der Waals surface area contributed by atoms with Crippen LogP contribution in [-0.2, 0) is 12.8 Å². The highest BCUT2D eigenvalue weighted by atomic mass is 14.1. The molecule has 0 heteroatoms. The Balaban J connectivity index is 2.08. The molecule has 0 unspecified atom stereocenters. The van der Waals surface area contributed by atoms with E-state index in [2.05, 4.69) is 86.0 Å². The Bertz CT molecular complexity index is 1020. The molecular weight excluding hydrogens is 312 g/mol. The van der Waals surface area contributed by atoms with E-state index in [-0.39, 0.29) is 0 Å². The summed E-state index contributed by atoms with van der Waals surface area (Å²) < 4.78 is 0. The molecule has 4 aromatic rings. The van der Waals surface area contributed by atoms with Crippen molar-refractivity contribution in [2.24, 2.45) is 0 Å². The zero-order chi connectivity index (χ0) is 17.9. The smallest absolute Gasteiger partial charge is 0.00962 e. The quantitative estimate of drug-likeness (QED) is 0.341. The Hall–Kier alpha value is -3.12. The van der Waals surface area contributed by atoms with E-state index >= 15 is 0 Å². The van der Waals surface area contributed by atoms with E-state index in [1.807, 2.05) is 12.2 Å². The van der Waals surface area contributed by atoms with Gasteiger partial charge in [0.05, 0.1) is 0 Å². The summed E-state index contributed by atoms with van der Waals surface area (Å²) in [5.41, 5.74) is 5.18. The van der Waals surface area contributed by atoms with Crippen molar-refractivity contribution in [2.75, 3.05) is 0 Å². The molecule has 0 nitrogen and oxygen atoms in total. The molecular formula is C26H22. The van der Waals surface area contributed by atoms with Crippen LogP contribution in [0.1, 0.15) is 11.1 Å². The van der Waals surface area contributed by atoms with Gasteiger partial charge in [-0.05, 0) is 56.6 Å². The topological polar surface area (TPSA) is 0 Å². The maximum absolute atomic E-state index is 3.92. The molecule has 0 radical (unpaired) electrons. The number of fused-ring (bicyclic) bond motifs is 2. The van der Waals surface area contributed by atoms with Crippen LogP contribution in [0.5, 0.6) is 0 Å². The molecule has 0 saturated heterocycles. The van der Waals surface area contributed by atoms with E-state index in [1.54, 1.807) is 0 Å². The molecule has 126 valence electrons. The van der Waals surface area contributed by atoms with Crippen molar-refractivity contribution in [1.82, 2.24) is 0 Å². The molecule has 0 saturated carbocycles. The minimum atomic E-state index is 0.877. The molecule has 0 aliphatic rings. The fourth-order valence-electron chi connectivity index (χ4n) is 3.76. The van der Waals surface area contributed by atoms with Crippen LogP contribution in [0.25, 0.3) is 32.7 Å². The van der Waals surface area contributed by atoms with Crippen molar-refractivity contribution in [3.63, 3.8) is 0 Å². The van der Waals surface area contributed by atoms with Crippen LogP contribution in [0, 0.1) is 0 Å². The number of rotatable bonds is 5. The lowest BCUT2D eigenvalue weighted by atomic mass is 9.90. The van der Waals surface area contributed by atoms with Crippen LogP contribution < -0.4 is 0 Å². The largest absolute Gasteiger partial charge is 0.103 e. The summed E-state index contributed by atoms with van der Waals surface area (Å²) in [6, 6.07) is 26.5. The van der Waals surface area contributed by atoms with E-state index < -0.39 is 0 Å². The van der Waals surface area contributed by atoms with E-state index in [0.717, 1.165) is 12.8 Å². The van der Waals surface area contributed by atoms with Gasteiger partial charge in [-0.3, -0.25) is 0 Å². The van der Waals surface area contributed by atoms with Crippen LogP contribution >= 0.6 is 0 Å². The second-order valence-electron chi connectivity index (χ2n) is 6.71. The molecule has 0 heterocycles. The standard InChI is InChI=1S/C26H22/c1-3-9-19-15-21-11-5-7-13-23(21)25(17-19)26-18-20(10-4-2)16-22-12-6-8-14-24(22)26/h3-8,11-18H,1-2,9-10H2. The van der Waals surface area contributed by atoms with Crippen LogP contribution in [0.4, 0.5) is 0 Å². The Kier molecular flexibility index (Phi) is 4.41. The van der Waals surface area contributed by atoms with E-state index in [9.17, 15) is 0 Å². The molecule has 0 bridgehead atoms. The lowest BCUT2D eigenvalue weighted by molar-refractivity contribution is 1.28. The first-order valence-corrected chi connectivity index (χ1v) is 9.05. The predicted octanol–water partition coefficient (Wildman–Crippen LogP) is 7.12. The first kappa shape index (κ1) is 16.4. The molecule has 26 heavy (non-hydrogen) atoms. The monoisotopic (exact) mass is 334 g/mol. The fourth-order valence-corrected chi connectivity index (χ4v) is 3.76. The summed E-state index contributed by atoms with van der Waals surface area (Å²) >= 11 is 0. The zero-order valence-electron chi connectivity index (χ0n) is 14.9.